The first-order valence-corrected chi connectivity index (χ1v) is 8.36. The van der Waals surface area contributed by atoms with E-state index in [4.69, 9.17) is 0 Å². The van der Waals surface area contributed by atoms with Crippen molar-refractivity contribution in [1.29, 1.82) is 0 Å². The number of fused-ring (bicyclic) bond motifs is 1. The highest BCUT2D eigenvalue weighted by Crippen LogP contribution is 2.13. The topological polar surface area (TPSA) is 38.8 Å². The zero-order chi connectivity index (χ0) is 17.9. The van der Waals surface area contributed by atoms with Gasteiger partial charge in [0.05, 0.1) is 17.1 Å². The normalized spacial score (nSPS) is 11.0. The molecule has 0 aliphatic carbocycles. The molecule has 0 unspecified atom stereocenters. The lowest BCUT2D eigenvalue weighted by atomic mass is 10.1. The number of benzene rings is 2. The summed E-state index contributed by atoms with van der Waals surface area (Å²) in [6, 6.07) is 17.9. The summed E-state index contributed by atoms with van der Waals surface area (Å²) in [5.41, 5.74) is 2.44. The highest BCUT2D eigenvalue weighted by atomic mass is 19.1. The number of carbonyl (C=O) groups excluding carboxylic acids is 1. The van der Waals surface area contributed by atoms with Crippen LogP contribution in [0.15, 0.2) is 79.3 Å². The van der Waals surface area contributed by atoms with Crippen LogP contribution in [0.25, 0.3) is 10.9 Å². The smallest absolute Gasteiger partial charge is 0.184 e. The number of aromatic nitrogens is 3. The van der Waals surface area contributed by atoms with E-state index in [2.05, 4.69) is 21.8 Å². The van der Waals surface area contributed by atoms with Crippen molar-refractivity contribution in [1.82, 2.24) is 9.78 Å². The number of rotatable bonds is 5. The van der Waals surface area contributed by atoms with Crippen molar-refractivity contribution in [2.45, 2.75) is 13.1 Å². The van der Waals surface area contributed by atoms with Gasteiger partial charge in [0, 0.05) is 17.2 Å². The number of nitrogens with zero attached hydrogens (tertiary/aromatic N) is 3. The van der Waals surface area contributed by atoms with Crippen LogP contribution in [-0.2, 0) is 13.1 Å². The number of hydrogen-bond donors (Lipinski definition) is 0. The second-order valence-corrected chi connectivity index (χ2v) is 6.18. The van der Waals surface area contributed by atoms with E-state index in [-0.39, 0.29) is 12.3 Å². The summed E-state index contributed by atoms with van der Waals surface area (Å²) >= 11 is 0. The summed E-state index contributed by atoms with van der Waals surface area (Å²) in [7, 11) is 0. The highest BCUT2D eigenvalue weighted by molar-refractivity contribution is 5.96. The molecule has 2 aromatic heterocycles. The average molecular weight is 346 g/mol. The van der Waals surface area contributed by atoms with E-state index in [1.165, 1.54) is 23.8 Å². The number of carbonyl (C=O) groups is 1. The molecule has 0 spiro atoms. The lowest BCUT2D eigenvalue weighted by molar-refractivity contribution is -0.687. The van der Waals surface area contributed by atoms with E-state index in [0.29, 0.717) is 5.56 Å². The summed E-state index contributed by atoms with van der Waals surface area (Å²) in [5.74, 6) is -0.585. The van der Waals surface area contributed by atoms with Gasteiger partial charge in [-0.3, -0.25) is 9.48 Å². The molecule has 0 saturated carbocycles. The van der Waals surface area contributed by atoms with Crippen LogP contribution in [-0.4, -0.2) is 15.6 Å². The van der Waals surface area contributed by atoms with E-state index in [1.807, 2.05) is 36.7 Å². The minimum Gasteiger partial charge on any atom is -0.292 e. The molecule has 0 aliphatic rings. The van der Waals surface area contributed by atoms with Gasteiger partial charge in [-0.25, -0.2) is 4.39 Å². The summed E-state index contributed by atoms with van der Waals surface area (Å²) in [5, 5.41) is 5.27. The van der Waals surface area contributed by atoms with Crippen LogP contribution < -0.4 is 4.57 Å². The molecule has 128 valence electrons. The minimum absolute atomic E-state index is 0.0790. The van der Waals surface area contributed by atoms with Crippen molar-refractivity contribution in [3.63, 3.8) is 0 Å². The molecule has 0 radical (unpaired) electrons. The number of pyridine rings is 1. The van der Waals surface area contributed by atoms with Crippen molar-refractivity contribution < 1.29 is 13.8 Å². The van der Waals surface area contributed by atoms with Gasteiger partial charge in [0.1, 0.15) is 12.4 Å². The Morgan fingerprint density at radius 1 is 1.08 bits per heavy atom. The Hall–Kier alpha value is -3.34. The maximum atomic E-state index is 13.3. The van der Waals surface area contributed by atoms with Crippen LogP contribution in [0.1, 0.15) is 15.9 Å². The maximum Gasteiger partial charge on any atom is 0.184 e. The maximum absolute atomic E-state index is 13.3. The molecule has 5 heteroatoms. The molecule has 4 nitrogen and oxygen atoms in total. The Balaban J connectivity index is 1.56. The fourth-order valence-electron chi connectivity index (χ4n) is 2.99. The van der Waals surface area contributed by atoms with Gasteiger partial charge >= 0.3 is 0 Å². The fourth-order valence-corrected chi connectivity index (χ4v) is 2.99. The third-order valence-corrected chi connectivity index (χ3v) is 4.29. The molecule has 0 amide bonds. The van der Waals surface area contributed by atoms with E-state index in [1.54, 1.807) is 16.9 Å². The molecule has 0 atom stereocenters. The van der Waals surface area contributed by atoms with Crippen LogP contribution in [0.2, 0.25) is 0 Å². The second kappa shape index (κ2) is 6.88. The first-order valence-electron chi connectivity index (χ1n) is 8.36. The van der Waals surface area contributed by atoms with Crippen LogP contribution in [0.4, 0.5) is 4.39 Å². The first-order chi connectivity index (χ1) is 12.7. The van der Waals surface area contributed by atoms with Gasteiger partial charge in [-0.1, -0.05) is 42.5 Å². The molecule has 0 N–H and O–H groups in total. The van der Waals surface area contributed by atoms with E-state index in [9.17, 15) is 9.18 Å². The molecule has 4 aromatic rings. The zero-order valence-electron chi connectivity index (χ0n) is 14.0. The number of ketones is 1. The van der Waals surface area contributed by atoms with Crippen LogP contribution >= 0.6 is 0 Å². The minimum atomic E-state index is -0.414. The Morgan fingerprint density at radius 2 is 1.92 bits per heavy atom. The number of halogens is 1. The van der Waals surface area contributed by atoms with Gasteiger partial charge in [-0.15, -0.1) is 0 Å². The lowest BCUT2D eigenvalue weighted by Crippen LogP contribution is -2.33. The zero-order valence-corrected chi connectivity index (χ0v) is 14.0. The lowest BCUT2D eigenvalue weighted by Gasteiger charge is -2.04. The van der Waals surface area contributed by atoms with Crippen LogP contribution in [0.5, 0.6) is 0 Å². The van der Waals surface area contributed by atoms with E-state index in [0.717, 1.165) is 17.4 Å². The molecule has 2 heterocycles. The predicted octanol–water partition coefficient (Wildman–Crippen LogP) is 3.39. The van der Waals surface area contributed by atoms with Gasteiger partial charge in [-0.2, -0.15) is 9.67 Å². The molecular formula is C21H17FN3O+. The number of hydrogen-bond acceptors (Lipinski definition) is 2. The third kappa shape index (κ3) is 3.37. The molecule has 0 aliphatic heterocycles. The molecule has 0 fully saturated rings. The van der Waals surface area contributed by atoms with Crippen LogP contribution in [0.3, 0.4) is 0 Å². The summed E-state index contributed by atoms with van der Waals surface area (Å²) < 4.78 is 17.0. The largest absolute Gasteiger partial charge is 0.292 e. The molecular weight excluding hydrogens is 329 g/mol. The van der Waals surface area contributed by atoms with Gasteiger partial charge in [0.2, 0.25) is 0 Å². The highest BCUT2D eigenvalue weighted by Gasteiger charge is 2.13. The van der Waals surface area contributed by atoms with Crippen molar-refractivity contribution in [2.75, 3.05) is 0 Å². The predicted molar refractivity (Wildman–Crippen MR) is 96.2 cm³/mol. The SMILES string of the molecule is O=C(Cn1ncc2c[n+](Cc3ccccc3)ccc21)c1cccc(F)c1. The van der Waals surface area contributed by atoms with E-state index >= 15 is 0 Å². The Morgan fingerprint density at radius 3 is 2.73 bits per heavy atom. The summed E-state index contributed by atoms with van der Waals surface area (Å²) in [6.07, 6.45) is 5.73. The Labute approximate surface area is 150 Å². The van der Waals surface area contributed by atoms with Crippen molar-refractivity contribution >= 4 is 16.7 Å². The van der Waals surface area contributed by atoms with Crippen molar-refractivity contribution in [3.8, 4) is 0 Å². The van der Waals surface area contributed by atoms with Gasteiger partial charge in [0.15, 0.2) is 24.7 Å². The van der Waals surface area contributed by atoms with E-state index < -0.39 is 5.82 Å². The molecule has 0 saturated heterocycles. The Bertz CT molecular complexity index is 1070. The van der Waals surface area contributed by atoms with Gasteiger partial charge in [0.25, 0.3) is 0 Å². The molecule has 26 heavy (non-hydrogen) atoms. The third-order valence-electron chi connectivity index (χ3n) is 4.29. The van der Waals surface area contributed by atoms with Gasteiger partial charge in [-0.05, 0) is 12.1 Å². The summed E-state index contributed by atoms with van der Waals surface area (Å²) in [6.45, 7) is 0.847. The van der Waals surface area contributed by atoms with Crippen LogP contribution in [0, 0.1) is 5.82 Å². The molecule has 4 rings (SSSR count). The van der Waals surface area contributed by atoms with Crippen molar-refractivity contribution in [3.05, 3.63) is 96.2 Å². The second-order valence-electron chi connectivity index (χ2n) is 6.18. The average Bonchev–Trinajstić information content (AvgIpc) is 3.04. The molecule has 2 aromatic carbocycles. The quantitative estimate of drug-likeness (QED) is 0.410. The standard InChI is InChI=1S/C21H17FN3O/c22-19-8-4-7-17(11-19)21(26)15-25-20-9-10-24(14-18(20)12-23-25)13-16-5-2-1-3-6-16/h1-12,14H,13,15H2/q+1. The molecule has 0 bridgehead atoms. The number of Topliss-reactive ketones (excluding diaryl/α,β-unsaturated/α-hetero) is 1. The van der Waals surface area contributed by atoms with Gasteiger partial charge < -0.3 is 0 Å². The monoisotopic (exact) mass is 346 g/mol. The Kier molecular flexibility index (Phi) is 4.27. The van der Waals surface area contributed by atoms with Crippen molar-refractivity contribution in [2.24, 2.45) is 0 Å². The first kappa shape index (κ1) is 16.1. The fraction of sp³-hybridized carbons (Fsp3) is 0.0952. The summed E-state index contributed by atoms with van der Waals surface area (Å²) in [4.78, 5) is 12.4.